The van der Waals surface area contributed by atoms with Crippen LogP contribution in [0, 0.1) is 5.82 Å². The number of nitrogen functional groups attached to an aromatic ring is 1. The van der Waals surface area contributed by atoms with Crippen molar-refractivity contribution in [3.8, 4) is 0 Å². The Bertz CT molecular complexity index is 463. The Kier molecular flexibility index (Phi) is 6.28. The maximum absolute atomic E-state index is 13.6. The Labute approximate surface area is 119 Å². The Morgan fingerprint density at radius 3 is 2.70 bits per heavy atom. The van der Waals surface area contributed by atoms with Crippen LogP contribution < -0.4 is 11.1 Å². The second-order valence-electron chi connectivity index (χ2n) is 5.12. The molecule has 1 rings (SSSR count). The van der Waals surface area contributed by atoms with Crippen molar-refractivity contribution in [1.82, 2.24) is 0 Å². The van der Waals surface area contributed by atoms with Gasteiger partial charge in [0.1, 0.15) is 5.82 Å². The summed E-state index contributed by atoms with van der Waals surface area (Å²) in [5.74, 6) is -2.08. The molecule has 0 aliphatic heterocycles. The fraction of sp³-hybridized carbons (Fsp3) is 0.533. The molecule has 0 heterocycles. The summed E-state index contributed by atoms with van der Waals surface area (Å²) in [6.45, 7) is 4.17. The summed E-state index contributed by atoms with van der Waals surface area (Å²) in [6, 6.07) is 2.48. The van der Waals surface area contributed by atoms with Crippen LogP contribution in [0.2, 0.25) is 0 Å². The van der Waals surface area contributed by atoms with Crippen LogP contribution in [0.15, 0.2) is 12.1 Å². The number of benzene rings is 1. The van der Waals surface area contributed by atoms with E-state index in [2.05, 4.69) is 12.2 Å². The number of halogens is 1. The number of anilines is 2. The number of aromatic carboxylic acids is 1. The van der Waals surface area contributed by atoms with Gasteiger partial charge in [-0.15, -0.1) is 0 Å². The summed E-state index contributed by atoms with van der Waals surface area (Å²) in [4.78, 5) is 10.8. The summed E-state index contributed by atoms with van der Waals surface area (Å²) in [5, 5.41) is 11.9. The normalized spacial score (nSPS) is 12.2. The lowest BCUT2D eigenvalue weighted by Gasteiger charge is -2.17. The SMILES string of the molecule is CCCCCCC(C)Nc1cc(F)c(C(=O)O)cc1N. The van der Waals surface area contributed by atoms with Gasteiger partial charge in [0.2, 0.25) is 0 Å². The predicted octanol–water partition coefficient (Wildman–Crippen LogP) is 3.88. The molecule has 1 aromatic carbocycles. The van der Waals surface area contributed by atoms with Gasteiger partial charge in [-0.1, -0.05) is 32.6 Å². The number of carboxylic acids is 1. The maximum Gasteiger partial charge on any atom is 0.338 e. The van der Waals surface area contributed by atoms with Crippen molar-refractivity contribution in [2.45, 2.75) is 52.0 Å². The van der Waals surface area contributed by atoms with Crippen LogP contribution >= 0.6 is 0 Å². The third-order valence-corrected chi connectivity index (χ3v) is 3.26. The van der Waals surface area contributed by atoms with E-state index in [1.165, 1.54) is 19.3 Å². The van der Waals surface area contributed by atoms with Crippen molar-refractivity contribution in [2.24, 2.45) is 0 Å². The molecule has 0 aliphatic carbocycles. The molecule has 20 heavy (non-hydrogen) atoms. The molecular formula is C15H23FN2O2. The highest BCUT2D eigenvalue weighted by molar-refractivity contribution is 5.90. The van der Waals surface area contributed by atoms with Crippen molar-refractivity contribution < 1.29 is 14.3 Å². The van der Waals surface area contributed by atoms with E-state index in [1.54, 1.807) is 0 Å². The number of hydrogen-bond donors (Lipinski definition) is 3. The maximum atomic E-state index is 13.6. The van der Waals surface area contributed by atoms with Crippen molar-refractivity contribution >= 4 is 17.3 Å². The number of nitrogens with two attached hydrogens (primary N) is 1. The third kappa shape index (κ3) is 4.72. The van der Waals surface area contributed by atoms with E-state index in [4.69, 9.17) is 10.8 Å². The van der Waals surface area contributed by atoms with Crippen LogP contribution in [0.5, 0.6) is 0 Å². The fourth-order valence-electron chi connectivity index (χ4n) is 2.09. The second kappa shape index (κ2) is 7.72. The summed E-state index contributed by atoms with van der Waals surface area (Å²) in [6.07, 6.45) is 5.68. The van der Waals surface area contributed by atoms with E-state index in [0.717, 1.165) is 25.0 Å². The van der Waals surface area contributed by atoms with Crippen LogP contribution in [0.4, 0.5) is 15.8 Å². The van der Waals surface area contributed by atoms with Gasteiger partial charge >= 0.3 is 5.97 Å². The lowest BCUT2D eigenvalue weighted by molar-refractivity contribution is 0.0692. The molecule has 0 fully saturated rings. The summed E-state index contributed by atoms with van der Waals surface area (Å²) in [5.41, 5.74) is 6.07. The first-order valence-electron chi connectivity index (χ1n) is 7.04. The first kappa shape index (κ1) is 16.3. The van der Waals surface area contributed by atoms with Gasteiger partial charge in [0.05, 0.1) is 16.9 Å². The third-order valence-electron chi connectivity index (χ3n) is 3.26. The van der Waals surface area contributed by atoms with E-state index >= 15 is 0 Å². The Morgan fingerprint density at radius 1 is 1.40 bits per heavy atom. The number of nitrogens with one attached hydrogen (secondary N) is 1. The van der Waals surface area contributed by atoms with E-state index in [-0.39, 0.29) is 11.7 Å². The van der Waals surface area contributed by atoms with E-state index in [1.807, 2.05) is 6.92 Å². The smallest absolute Gasteiger partial charge is 0.338 e. The van der Waals surface area contributed by atoms with Gasteiger partial charge in [-0.3, -0.25) is 0 Å². The summed E-state index contributed by atoms with van der Waals surface area (Å²) >= 11 is 0. The minimum atomic E-state index is -1.31. The van der Waals surface area contributed by atoms with Crippen LogP contribution in [0.25, 0.3) is 0 Å². The predicted molar refractivity (Wildman–Crippen MR) is 79.6 cm³/mol. The van der Waals surface area contributed by atoms with Crippen LogP contribution in [0.3, 0.4) is 0 Å². The molecule has 4 N–H and O–H groups in total. The Hall–Kier alpha value is -1.78. The minimum Gasteiger partial charge on any atom is -0.478 e. The quantitative estimate of drug-likeness (QED) is 0.499. The molecule has 0 aliphatic rings. The molecule has 0 aromatic heterocycles. The number of unbranched alkanes of at least 4 members (excludes halogenated alkanes) is 3. The summed E-state index contributed by atoms with van der Waals surface area (Å²) < 4.78 is 13.6. The number of carboxylic acid groups (broad SMARTS) is 1. The molecule has 5 heteroatoms. The second-order valence-corrected chi connectivity index (χ2v) is 5.12. The first-order chi connectivity index (χ1) is 9.45. The van der Waals surface area contributed by atoms with Crippen LogP contribution in [-0.2, 0) is 0 Å². The molecule has 0 spiro atoms. The highest BCUT2D eigenvalue weighted by Crippen LogP contribution is 2.24. The number of hydrogen-bond acceptors (Lipinski definition) is 3. The van der Waals surface area contributed by atoms with E-state index < -0.39 is 17.3 Å². The molecule has 0 saturated carbocycles. The molecule has 4 nitrogen and oxygen atoms in total. The first-order valence-corrected chi connectivity index (χ1v) is 7.04. The van der Waals surface area contributed by atoms with E-state index in [9.17, 15) is 9.18 Å². The molecule has 1 atom stereocenters. The van der Waals surface area contributed by atoms with Crippen molar-refractivity contribution in [1.29, 1.82) is 0 Å². The zero-order chi connectivity index (χ0) is 15.1. The lowest BCUT2D eigenvalue weighted by Crippen LogP contribution is -2.17. The van der Waals surface area contributed by atoms with Gasteiger partial charge in [-0.2, -0.15) is 0 Å². The van der Waals surface area contributed by atoms with Crippen molar-refractivity contribution in [3.05, 3.63) is 23.5 Å². The fourth-order valence-corrected chi connectivity index (χ4v) is 2.09. The van der Waals surface area contributed by atoms with Gasteiger partial charge < -0.3 is 16.2 Å². The van der Waals surface area contributed by atoms with Crippen LogP contribution in [0.1, 0.15) is 56.3 Å². The standard InChI is InChI=1S/C15H23FN2O2/c1-3-4-5-6-7-10(2)18-14-9-12(16)11(15(19)20)8-13(14)17/h8-10,18H,3-7,17H2,1-2H3,(H,19,20). The lowest BCUT2D eigenvalue weighted by atomic mass is 10.1. The van der Waals surface area contributed by atoms with Gasteiger partial charge in [0.25, 0.3) is 0 Å². The average molecular weight is 282 g/mol. The average Bonchev–Trinajstić information content (AvgIpc) is 2.38. The zero-order valence-corrected chi connectivity index (χ0v) is 12.1. The highest BCUT2D eigenvalue weighted by Gasteiger charge is 2.14. The van der Waals surface area contributed by atoms with Crippen molar-refractivity contribution in [3.63, 3.8) is 0 Å². The Morgan fingerprint density at radius 2 is 2.10 bits per heavy atom. The van der Waals surface area contributed by atoms with Crippen LogP contribution in [-0.4, -0.2) is 17.1 Å². The molecule has 0 saturated heterocycles. The molecule has 0 bridgehead atoms. The van der Waals surface area contributed by atoms with E-state index in [0.29, 0.717) is 5.69 Å². The topological polar surface area (TPSA) is 75.3 Å². The molecule has 0 radical (unpaired) electrons. The monoisotopic (exact) mass is 282 g/mol. The zero-order valence-electron chi connectivity index (χ0n) is 12.1. The van der Waals surface area contributed by atoms with Gasteiger partial charge in [0.15, 0.2) is 0 Å². The summed E-state index contributed by atoms with van der Waals surface area (Å²) in [7, 11) is 0. The van der Waals surface area contributed by atoms with Gasteiger partial charge in [0, 0.05) is 6.04 Å². The molecule has 0 amide bonds. The molecular weight excluding hydrogens is 259 g/mol. The minimum absolute atomic E-state index is 0.171. The van der Waals surface area contributed by atoms with Gasteiger partial charge in [-0.25, -0.2) is 9.18 Å². The molecule has 112 valence electrons. The van der Waals surface area contributed by atoms with Gasteiger partial charge in [-0.05, 0) is 25.5 Å². The Balaban J connectivity index is 2.63. The van der Waals surface area contributed by atoms with Crippen molar-refractivity contribution in [2.75, 3.05) is 11.1 Å². The largest absolute Gasteiger partial charge is 0.478 e. The molecule has 1 unspecified atom stereocenters. The molecule has 1 aromatic rings. The number of rotatable bonds is 8. The highest BCUT2D eigenvalue weighted by atomic mass is 19.1. The number of carbonyl (C=O) groups is 1.